The Morgan fingerprint density at radius 3 is 1.79 bits per heavy atom. The van der Waals surface area contributed by atoms with Crippen LogP contribution in [-0.4, -0.2) is 40.2 Å². The molecule has 0 saturated heterocycles. The van der Waals surface area contributed by atoms with E-state index in [2.05, 4.69) is 32.7 Å². The van der Waals surface area contributed by atoms with Gasteiger partial charge in [-0.05, 0) is 32.4 Å². The normalized spacial score (nSPS) is 12.2. The number of aliphatic hydroxyl groups excluding tert-OH is 2. The third-order valence-electron chi connectivity index (χ3n) is 3.38. The number of hydrogen-bond donors (Lipinski definition) is 2. The first-order chi connectivity index (χ1) is 13.5. The Hall–Kier alpha value is -3.50. The molecule has 29 heavy (non-hydrogen) atoms. The Bertz CT molecular complexity index is 853. The van der Waals surface area contributed by atoms with E-state index in [4.69, 9.17) is 0 Å². The second-order valence-electron chi connectivity index (χ2n) is 6.00. The highest BCUT2D eigenvalue weighted by atomic mass is 17.2. The molecule has 0 fully saturated rings. The number of rotatable bonds is 6. The molecule has 1 rings (SSSR count). The lowest BCUT2D eigenvalue weighted by atomic mass is 9.95. The van der Waals surface area contributed by atoms with Gasteiger partial charge in [0.2, 0.25) is 0 Å². The van der Waals surface area contributed by atoms with Gasteiger partial charge in [0.1, 0.15) is 6.10 Å². The van der Waals surface area contributed by atoms with Crippen molar-refractivity contribution in [3.63, 3.8) is 0 Å². The molecule has 0 aliphatic heterocycles. The van der Waals surface area contributed by atoms with Gasteiger partial charge in [-0.1, -0.05) is 25.3 Å². The third-order valence-corrected chi connectivity index (χ3v) is 3.38. The van der Waals surface area contributed by atoms with Gasteiger partial charge in [-0.2, -0.15) is 0 Å². The Morgan fingerprint density at radius 1 is 0.862 bits per heavy atom. The zero-order valence-corrected chi connectivity index (χ0v) is 16.0. The lowest BCUT2D eigenvalue weighted by molar-refractivity contribution is -0.230. The maximum absolute atomic E-state index is 12.4. The van der Waals surface area contributed by atoms with E-state index in [9.17, 15) is 29.4 Å². The topological polar surface area (TPSA) is 146 Å². The lowest BCUT2D eigenvalue weighted by Crippen LogP contribution is -2.23. The van der Waals surface area contributed by atoms with Crippen molar-refractivity contribution in [3.8, 4) is 0 Å². The average molecular weight is 408 g/mol. The summed E-state index contributed by atoms with van der Waals surface area (Å²) in [5.74, 6) is -4.73. The number of hydrogen-bond acceptors (Lipinski definition) is 10. The minimum absolute atomic E-state index is 0.0533. The highest BCUT2D eigenvalue weighted by Crippen LogP contribution is 2.26. The third kappa shape index (κ3) is 6.26. The molecule has 0 aliphatic rings. The summed E-state index contributed by atoms with van der Waals surface area (Å²) in [7, 11) is 0. The number of carbonyl (C=O) groups excluding carboxylic acids is 4. The molecular formula is C19H20O10. The van der Waals surface area contributed by atoms with Crippen LogP contribution in [0.5, 0.6) is 0 Å². The van der Waals surface area contributed by atoms with Gasteiger partial charge in [0.05, 0.1) is 17.2 Å². The van der Waals surface area contributed by atoms with Crippen molar-refractivity contribution in [1.29, 1.82) is 0 Å². The van der Waals surface area contributed by atoms with Crippen LogP contribution in [0, 0.1) is 0 Å². The van der Waals surface area contributed by atoms with Crippen molar-refractivity contribution in [2.75, 3.05) is 0 Å². The minimum atomic E-state index is -1.61. The highest BCUT2D eigenvalue weighted by Gasteiger charge is 2.30. The van der Waals surface area contributed by atoms with Gasteiger partial charge in [0.15, 0.2) is 0 Å². The first kappa shape index (κ1) is 23.5. The van der Waals surface area contributed by atoms with Crippen LogP contribution in [0.1, 0.15) is 53.2 Å². The average Bonchev–Trinajstić information content (AvgIpc) is 2.67. The lowest BCUT2D eigenvalue weighted by Gasteiger charge is -2.18. The van der Waals surface area contributed by atoms with Crippen LogP contribution in [0.3, 0.4) is 0 Å². The molecule has 0 heterocycles. The monoisotopic (exact) mass is 408 g/mol. The van der Waals surface area contributed by atoms with Crippen LogP contribution in [0.2, 0.25) is 0 Å². The van der Waals surface area contributed by atoms with Crippen molar-refractivity contribution >= 4 is 23.9 Å². The summed E-state index contributed by atoms with van der Waals surface area (Å²) < 4.78 is 0. The van der Waals surface area contributed by atoms with E-state index in [0.717, 1.165) is 6.07 Å². The number of aliphatic hydroxyl groups is 2. The summed E-state index contributed by atoms with van der Waals surface area (Å²) in [6.07, 6.45) is -2.95. The fraction of sp³-hybridized carbons (Fsp3) is 0.263. The van der Waals surface area contributed by atoms with Crippen LogP contribution >= 0.6 is 0 Å². The van der Waals surface area contributed by atoms with E-state index >= 15 is 0 Å². The molecule has 0 saturated carbocycles. The zero-order valence-electron chi connectivity index (χ0n) is 16.0. The first-order valence-electron chi connectivity index (χ1n) is 8.13. The van der Waals surface area contributed by atoms with E-state index < -0.39 is 47.2 Å². The molecule has 0 amide bonds. The summed E-state index contributed by atoms with van der Waals surface area (Å²) in [6, 6.07) is 3.60. The smallest absolute Gasteiger partial charge is 0.387 e. The van der Waals surface area contributed by atoms with Gasteiger partial charge in [0, 0.05) is 11.1 Å². The quantitative estimate of drug-likeness (QED) is 0.403. The molecule has 2 N–H and O–H groups in total. The SMILES string of the molecule is C=C(C)C(=O)OOC(=O)c1cccc(C(O)C(C)O)c1C(=O)OOC(=O)C(=C)C. The second kappa shape index (κ2) is 10.2. The van der Waals surface area contributed by atoms with Crippen LogP contribution in [0.4, 0.5) is 0 Å². The van der Waals surface area contributed by atoms with E-state index in [1.165, 1.54) is 32.9 Å². The van der Waals surface area contributed by atoms with Gasteiger partial charge >= 0.3 is 23.9 Å². The van der Waals surface area contributed by atoms with Crippen LogP contribution in [-0.2, 0) is 29.1 Å². The zero-order chi connectivity index (χ0) is 22.3. The first-order valence-corrected chi connectivity index (χ1v) is 8.13. The fourth-order valence-corrected chi connectivity index (χ4v) is 1.85. The summed E-state index contributed by atoms with van der Waals surface area (Å²) in [5.41, 5.74) is -1.42. The molecule has 0 aromatic heterocycles. The summed E-state index contributed by atoms with van der Waals surface area (Å²) in [6.45, 7) is 10.5. The van der Waals surface area contributed by atoms with Crippen molar-refractivity contribution in [3.05, 3.63) is 59.2 Å². The van der Waals surface area contributed by atoms with Crippen LogP contribution < -0.4 is 0 Å². The van der Waals surface area contributed by atoms with Crippen molar-refractivity contribution < 1.29 is 48.9 Å². The molecule has 0 spiro atoms. The Kier molecular flexibility index (Phi) is 8.24. The molecule has 1 aromatic carbocycles. The van der Waals surface area contributed by atoms with E-state index in [-0.39, 0.29) is 16.7 Å². The Morgan fingerprint density at radius 2 is 1.34 bits per heavy atom. The summed E-state index contributed by atoms with van der Waals surface area (Å²) in [5, 5.41) is 19.8. The predicted molar refractivity (Wildman–Crippen MR) is 95.7 cm³/mol. The van der Waals surface area contributed by atoms with Crippen molar-refractivity contribution in [2.45, 2.75) is 33.0 Å². The highest BCUT2D eigenvalue weighted by molar-refractivity contribution is 6.04. The molecule has 1 aromatic rings. The molecule has 0 aliphatic carbocycles. The molecule has 0 radical (unpaired) electrons. The largest absolute Gasteiger partial charge is 0.390 e. The molecule has 2 atom stereocenters. The van der Waals surface area contributed by atoms with Gasteiger partial charge in [-0.3, -0.25) is 0 Å². The van der Waals surface area contributed by atoms with Crippen LogP contribution in [0.15, 0.2) is 42.5 Å². The number of carbonyl (C=O) groups is 4. The van der Waals surface area contributed by atoms with Gasteiger partial charge in [-0.15, -0.1) is 0 Å². The molecule has 156 valence electrons. The van der Waals surface area contributed by atoms with Gasteiger partial charge < -0.3 is 10.2 Å². The maximum atomic E-state index is 12.4. The summed E-state index contributed by atoms with van der Waals surface area (Å²) in [4.78, 5) is 64.9. The molecule has 10 heteroatoms. The minimum Gasteiger partial charge on any atom is -0.390 e. The predicted octanol–water partition coefficient (Wildman–Crippen LogP) is 1.48. The molecule has 10 nitrogen and oxygen atoms in total. The van der Waals surface area contributed by atoms with Crippen LogP contribution in [0.25, 0.3) is 0 Å². The maximum Gasteiger partial charge on any atom is 0.387 e. The Balaban J connectivity index is 3.29. The summed E-state index contributed by atoms with van der Waals surface area (Å²) >= 11 is 0. The van der Waals surface area contributed by atoms with Crippen molar-refractivity contribution in [2.24, 2.45) is 0 Å². The number of benzene rings is 1. The molecule has 0 bridgehead atoms. The van der Waals surface area contributed by atoms with Gasteiger partial charge in [0.25, 0.3) is 0 Å². The van der Waals surface area contributed by atoms with E-state index in [1.807, 2.05) is 0 Å². The fourth-order valence-electron chi connectivity index (χ4n) is 1.85. The standard InChI is InChI=1S/C19H20O10/c1-9(2)16(22)26-28-18(24)13-8-6-7-12(15(21)11(5)20)14(13)19(25)29-27-17(23)10(3)4/h6-8,11,15,20-21H,1,3H2,2,4-5H3. The van der Waals surface area contributed by atoms with E-state index in [0.29, 0.717) is 0 Å². The molecule has 2 unspecified atom stereocenters. The van der Waals surface area contributed by atoms with E-state index in [1.54, 1.807) is 0 Å². The Labute approximate surface area is 165 Å². The second-order valence-corrected chi connectivity index (χ2v) is 6.00. The van der Waals surface area contributed by atoms with Gasteiger partial charge in [-0.25, -0.2) is 38.7 Å². The molecular weight excluding hydrogens is 388 g/mol. The van der Waals surface area contributed by atoms with Crippen molar-refractivity contribution in [1.82, 2.24) is 0 Å².